The Kier molecular flexibility index (Phi) is 6.74. The maximum atomic E-state index is 13.9. The van der Waals surface area contributed by atoms with Crippen LogP contribution >= 0.6 is 0 Å². The summed E-state index contributed by atoms with van der Waals surface area (Å²) in [6, 6.07) is 9.07. The highest BCUT2D eigenvalue weighted by molar-refractivity contribution is 7.92. The number of phenolic OH excluding ortho intramolecular Hbond substituents is 1. The first-order valence-electron chi connectivity index (χ1n) is 12.8. The minimum Gasteiger partial charge on any atom is -0.507 e. The summed E-state index contributed by atoms with van der Waals surface area (Å²) >= 11 is 0. The third kappa shape index (κ3) is 4.96. The number of hydrogen-bond donors (Lipinski definition) is 2. The molecule has 2 aliphatic heterocycles. The van der Waals surface area contributed by atoms with Gasteiger partial charge in [-0.3, -0.25) is 9.52 Å². The molecular weight excluding hydrogens is 514 g/mol. The number of nitrogens with one attached hydrogen (secondary N) is 1. The van der Waals surface area contributed by atoms with Gasteiger partial charge in [0.05, 0.1) is 16.7 Å². The molecule has 0 bridgehead atoms. The van der Waals surface area contributed by atoms with E-state index in [0.29, 0.717) is 31.0 Å². The first kappa shape index (κ1) is 26.0. The van der Waals surface area contributed by atoms with E-state index in [9.17, 15) is 26.7 Å². The average molecular weight is 548 g/mol. The topological polar surface area (TPSA) is 124 Å². The first-order valence-corrected chi connectivity index (χ1v) is 16.1. The zero-order valence-corrected chi connectivity index (χ0v) is 22.6. The van der Waals surface area contributed by atoms with Gasteiger partial charge >= 0.3 is 0 Å². The van der Waals surface area contributed by atoms with Crippen LogP contribution in [-0.2, 0) is 25.5 Å². The van der Waals surface area contributed by atoms with Gasteiger partial charge in [0.1, 0.15) is 5.75 Å². The standard InChI is InChI=1S/C26H33N3O6S2/c1-36(32,33)27-19-8-10-23-22(16-19)26(12-4-2-5-13-26)18-29(23)25(31)21-17-20(9-11-24(21)30)37(34,35)28-14-6-3-7-15-28/h8-11,16-17,27,30H,2-7,12-15,18H2,1H3. The molecule has 0 unspecified atom stereocenters. The molecule has 1 aliphatic carbocycles. The molecule has 2 aromatic rings. The molecule has 2 heterocycles. The minimum absolute atomic E-state index is 0.00458. The van der Waals surface area contributed by atoms with Crippen LogP contribution in [0, 0.1) is 0 Å². The van der Waals surface area contributed by atoms with Crippen molar-refractivity contribution in [1.82, 2.24) is 4.31 Å². The number of hydrogen-bond acceptors (Lipinski definition) is 6. The zero-order valence-electron chi connectivity index (χ0n) is 20.9. The van der Waals surface area contributed by atoms with Crippen LogP contribution < -0.4 is 9.62 Å². The van der Waals surface area contributed by atoms with E-state index in [1.165, 1.54) is 22.5 Å². The summed E-state index contributed by atoms with van der Waals surface area (Å²) in [6.07, 6.45) is 8.51. The number of nitrogens with zero attached hydrogens (tertiary/aromatic N) is 2. The molecule has 0 radical (unpaired) electrons. The van der Waals surface area contributed by atoms with Crippen molar-refractivity contribution in [1.29, 1.82) is 0 Å². The number of carbonyl (C=O) groups excluding carboxylic acids is 1. The summed E-state index contributed by atoms with van der Waals surface area (Å²) in [5.74, 6) is -0.746. The van der Waals surface area contributed by atoms with E-state index in [2.05, 4.69) is 4.72 Å². The molecule has 0 aromatic heterocycles. The molecule has 5 rings (SSSR count). The van der Waals surface area contributed by atoms with Gasteiger partial charge in [-0.15, -0.1) is 0 Å². The van der Waals surface area contributed by atoms with Gasteiger partial charge in [-0.25, -0.2) is 16.8 Å². The van der Waals surface area contributed by atoms with Crippen molar-refractivity contribution in [3.05, 3.63) is 47.5 Å². The van der Waals surface area contributed by atoms with Crippen LogP contribution in [0.5, 0.6) is 5.75 Å². The Labute approximate surface area is 218 Å². The molecule has 200 valence electrons. The number of amides is 1. The minimum atomic E-state index is -3.78. The lowest BCUT2D eigenvalue weighted by molar-refractivity contribution is 0.0979. The average Bonchev–Trinajstić information content (AvgIpc) is 3.16. The molecule has 1 saturated heterocycles. The second kappa shape index (κ2) is 9.59. The highest BCUT2D eigenvalue weighted by Gasteiger charge is 2.46. The number of rotatable bonds is 5. The van der Waals surface area contributed by atoms with Crippen molar-refractivity contribution in [2.45, 2.75) is 61.7 Å². The Bertz CT molecular complexity index is 1430. The Morgan fingerprint density at radius 2 is 1.59 bits per heavy atom. The van der Waals surface area contributed by atoms with Gasteiger partial charge in [0.15, 0.2) is 0 Å². The lowest BCUT2D eigenvalue weighted by Crippen LogP contribution is -2.38. The predicted octanol–water partition coefficient (Wildman–Crippen LogP) is 3.80. The number of carbonyl (C=O) groups is 1. The number of aromatic hydroxyl groups is 1. The summed E-state index contributed by atoms with van der Waals surface area (Å²) in [5, 5.41) is 10.6. The largest absolute Gasteiger partial charge is 0.507 e. The second-order valence-corrected chi connectivity index (χ2v) is 14.2. The van der Waals surface area contributed by atoms with Gasteiger partial charge in [-0.2, -0.15) is 4.31 Å². The first-order chi connectivity index (χ1) is 17.5. The molecule has 1 saturated carbocycles. The van der Waals surface area contributed by atoms with Crippen LogP contribution in [0.15, 0.2) is 41.3 Å². The summed E-state index contributed by atoms with van der Waals surface area (Å²) in [6.45, 7) is 1.28. The molecule has 1 amide bonds. The van der Waals surface area contributed by atoms with Gasteiger partial charge in [0, 0.05) is 36.4 Å². The van der Waals surface area contributed by atoms with Crippen molar-refractivity contribution in [3.63, 3.8) is 0 Å². The van der Waals surface area contributed by atoms with Crippen molar-refractivity contribution >= 4 is 37.3 Å². The van der Waals surface area contributed by atoms with E-state index >= 15 is 0 Å². The molecular formula is C26H33N3O6S2. The number of piperidine rings is 1. The molecule has 2 fully saturated rings. The van der Waals surface area contributed by atoms with Gasteiger partial charge in [-0.1, -0.05) is 25.7 Å². The normalized spacial score (nSPS) is 20.1. The lowest BCUT2D eigenvalue weighted by Gasteiger charge is -2.34. The highest BCUT2D eigenvalue weighted by Crippen LogP contribution is 2.50. The monoisotopic (exact) mass is 547 g/mol. The molecule has 2 aromatic carbocycles. The Balaban J connectivity index is 1.53. The summed E-state index contributed by atoms with van der Waals surface area (Å²) in [5.41, 5.74) is 1.64. The Morgan fingerprint density at radius 3 is 2.27 bits per heavy atom. The van der Waals surface area contributed by atoms with Gasteiger partial charge in [0.25, 0.3) is 5.91 Å². The second-order valence-electron chi connectivity index (χ2n) is 10.5. The lowest BCUT2D eigenvalue weighted by atomic mass is 9.70. The SMILES string of the molecule is CS(=O)(=O)Nc1ccc2c(c1)C1(CCCCC1)CN2C(=O)c1cc(S(=O)(=O)N2CCCCC2)ccc1O. The fourth-order valence-electron chi connectivity index (χ4n) is 6.03. The molecule has 3 aliphatic rings. The van der Waals surface area contributed by atoms with E-state index < -0.39 is 26.0 Å². The van der Waals surface area contributed by atoms with Gasteiger partial charge in [0.2, 0.25) is 20.0 Å². The van der Waals surface area contributed by atoms with Crippen molar-refractivity contribution in [2.24, 2.45) is 0 Å². The maximum absolute atomic E-state index is 13.9. The zero-order chi connectivity index (χ0) is 26.4. The number of phenols is 1. The molecule has 2 N–H and O–H groups in total. The molecule has 11 heteroatoms. The van der Waals surface area contributed by atoms with Crippen molar-refractivity contribution in [3.8, 4) is 5.75 Å². The van der Waals surface area contributed by atoms with E-state index in [1.807, 2.05) is 6.07 Å². The summed E-state index contributed by atoms with van der Waals surface area (Å²) < 4.78 is 54.1. The van der Waals surface area contributed by atoms with Crippen LogP contribution in [0.1, 0.15) is 67.3 Å². The van der Waals surface area contributed by atoms with Crippen LogP contribution in [0.25, 0.3) is 0 Å². The fourth-order valence-corrected chi connectivity index (χ4v) is 8.13. The molecule has 1 spiro atoms. The van der Waals surface area contributed by atoms with Gasteiger partial charge in [-0.05, 0) is 67.6 Å². The molecule has 0 atom stereocenters. The quantitative estimate of drug-likeness (QED) is 0.587. The van der Waals surface area contributed by atoms with Gasteiger partial charge < -0.3 is 10.0 Å². The van der Waals surface area contributed by atoms with Crippen LogP contribution in [-0.4, -0.2) is 58.0 Å². The molecule has 9 nitrogen and oxygen atoms in total. The highest BCUT2D eigenvalue weighted by atomic mass is 32.2. The third-order valence-electron chi connectivity index (χ3n) is 7.83. The maximum Gasteiger partial charge on any atom is 0.262 e. The van der Waals surface area contributed by atoms with Crippen LogP contribution in [0.3, 0.4) is 0 Å². The van der Waals surface area contributed by atoms with E-state index in [0.717, 1.165) is 63.2 Å². The number of benzene rings is 2. The Morgan fingerprint density at radius 1 is 0.919 bits per heavy atom. The number of anilines is 2. The predicted molar refractivity (Wildman–Crippen MR) is 142 cm³/mol. The van der Waals surface area contributed by atoms with Crippen molar-refractivity contribution < 1.29 is 26.7 Å². The van der Waals surface area contributed by atoms with Crippen LogP contribution in [0.4, 0.5) is 11.4 Å². The Hall–Kier alpha value is -2.63. The van der Waals surface area contributed by atoms with E-state index in [4.69, 9.17) is 0 Å². The fraction of sp³-hybridized carbons (Fsp3) is 0.500. The van der Waals surface area contributed by atoms with E-state index in [-0.39, 0.29) is 21.6 Å². The summed E-state index contributed by atoms with van der Waals surface area (Å²) in [7, 11) is -7.25. The van der Waals surface area contributed by atoms with Crippen LogP contribution in [0.2, 0.25) is 0 Å². The number of sulfonamides is 2. The van der Waals surface area contributed by atoms with Crippen molar-refractivity contribution in [2.75, 3.05) is 35.5 Å². The number of fused-ring (bicyclic) bond motifs is 2. The third-order valence-corrected chi connectivity index (χ3v) is 10.3. The summed E-state index contributed by atoms with van der Waals surface area (Å²) in [4.78, 5) is 15.5. The smallest absolute Gasteiger partial charge is 0.262 e. The molecule has 37 heavy (non-hydrogen) atoms. The van der Waals surface area contributed by atoms with E-state index in [1.54, 1.807) is 17.0 Å².